The fourth-order valence-corrected chi connectivity index (χ4v) is 7.05. The van der Waals surface area contributed by atoms with Gasteiger partial charge in [-0.15, -0.1) is 0 Å². The Bertz CT molecular complexity index is 1580. The largest absolute Gasteiger partial charge is 0.481 e. The number of aliphatic imine (C=N–C) groups is 1. The monoisotopic (exact) mass is 872 g/mol. The van der Waals surface area contributed by atoms with Crippen LogP contribution in [-0.2, 0) is 43.2 Å². The van der Waals surface area contributed by atoms with Gasteiger partial charge in [-0.3, -0.25) is 43.3 Å². The zero-order valence-corrected chi connectivity index (χ0v) is 34.4. The lowest BCUT2D eigenvalue weighted by atomic mass is 10.1. The Kier molecular flexibility index (Phi) is 21.5. The highest BCUT2D eigenvalue weighted by molar-refractivity contribution is 7.80. The average molecular weight is 873 g/mol. The number of hydrogen-bond donors (Lipinski definition) is 13. The van der Waals surface area contributed by atoms with E-state index in [1.54, 1.807) is 0 Å². The minimum atomic E-state index is -1.73. The second kappa shape index (κ2) is 25.4. The Labute approximate surface area is 352 Å². The van der Waals surface area contributed by atoms with Crippen molar-refractivity contribution in [3.63, 3.8) is 0 Å². The molecule has 2 aliphatic rings. The summed E-state index contributed by atoms with van der Waals surface area (Å²) in [5, 5.41) is 41.2. The predicted octanol–water partition coefficient (Wildman–Crippen LogP) is -5.60. The van der Waals surface area contributed by atoms with Crippen molar-refractivity contribution in [2.24, 2.45) is 27.9 Å². The number of nitrogens with one attached hydrogen (secondary N) is 5. The maximum Gasteiger partial charge on any atom is 0.326 e. The third kappa shape index (κ3) is 15.7. The normalized spacial score (nSPS) is 19.1. The van der Waals surface area contributed by atoms with E-state index in [1.165, 1.54) is 16.7 Å². The summed E-state index contributed by atoms with van der Waals surface area (Å²) in [5.41, 5.74) is 21.7. The molecule has 7 amide bonds. The zero-order valence-electron chi connectivity index (χ0n) is 33.5. The number of unbranched alkanes of at least 4 members (excludes halogenated alkanes) is 1. The van der Waals surface area contributed by atoms with Crippen LogP contribution in [0, 0.1) is 0 Å². The van der Waals surface area contributed by atoms with Gasteiger partial charge in [0.2, 0.25) is 41.4 Å². The number of carboxylic acids is 2. The molecule has 24 nitrogen and oxygen atoms in total. The molecule has 25 heteroatoms. The van der Waals surface area contributed by atoms with Crippen LogP contribution in [0.15, 0.2) is 4.99 Å². The summed E-state index contributed by atoms with van der Waals surface area (Å²) in [7, 11) is 0. The van der Waals surface area contributed by atoms with E-state index in [1.807, 2.05) is 0 Å². The SMILES string of the molecule is C[C@@H](O)[C@H](NC(=O)[C@H](CCCN=C(N)N)NC(=O)CN)C(=O)N[C@@H](CS)C(=O)N1CCC[C@H]1C(=O)N[C@@H](CCCCN)C(=O)N1CCC[C@H]1C(=O)N[C@@H](CC(=O)O)C(=O)O. The maximum absolute atomic E-state index is 13.9. The first-order valence-corrected chi connectivity index (χ1v) is 20.3. The number of aliphatic carboxylic acids is 2. The predicted molar refractivity (Wildman–Crippen MR) is 216 cm³/mol. The van der Waals surface area contributed by atoms with Crippen LogP contribution in [0.4, 0.5) is 0 Å². The Hall–Kier alpha value is -5.27. The number of aliphatic hydroxyl groups excluding tert-OH is 1. The first-order chi connectivity index (χ1) is 28.4. The van der Waals surface area contributed by atoms with Gasteiger partial charge in [-0.25, -0.2) is 4.79 Å². The molecule has 2 aliphatic heterocycles. The third-order valence-electron chi connectivity index (χ3n) is 9.87. The molecule has 0 radical (unpaired) electrons. The van der Waals surface area contributed by atoms with Crippen molar-refractivity contribution in [1.29, 1.82) is 0 Å². The fraction of sp³-hybridized carbons (Fsp3) is 0.714. The number of nitrogens with zero attached hydrogens (tertiary/aromatic N) is 3. The van der Waals surface area contributed by atoms with Gasteiger partial charge in [0.1, 0.15) is 42.3 Å². The number of carbonyl (C=O) groups is 9. The summed E-state index contributed by atoms with van der Waals surface area (Å²) in [4.78, 5) is 123. The van der Waals surface area contributed by atoms with Gasteiger partial charge < -0.3 is 74.6 Å². The van der Waals surface area contributed by atoms with Gasteiger partial charge in [-0.1, -0.05) is 0 Å². The van der Waals surface area contributed by atoms with Gasteiger partial charge in [0.05, 0.1) is 19.1 Å². The molecule has 0 aromatic rings. The quantitative estimate of drug-likeness (QED) is 0.0176. The average Bonchev–Trinajstić information content (AvgIpc) is 3.89. The summed E-state index contributed by atoms with van der Waals surface area (Å²) in [5.74, 6) is -8.82. The maximum atomic E-state index is 13.9. The molecule has 0 saturated carbocycles. The van der Waals surface area contributed by atoms with E-state index in [9.17, 15) is 53.4 Å². The number of hydrogen-bond acceptors (Lipinski definition) is 14. The molecule has 60 heavy (non-hydrogen) atoms. The van der Waals surface area contributed by atoms with Crippen molar-refractivity contribution in [1.82, 2.24) is 36.4 Å². The number of amides is 7. The topological polar surface area (TPSA) is 397 Å². The molecule has 8 atom stereocenters. The molecule has 2 heterocycles. The Morgan fingerprint density at radius 2 is 1.28 bits per heavy atom. The highest BCUT2D eigenvalue weighted by atomic mass is 32.1. The van der Waals surface area contributed by atoms with Gasteiger partial charge in [-0.2, -0.15) is 12.6 Å². The fourth-order valence-electron chi connectivity index (χ4n) is 6.80. The van der Waals surface area contributed by atoms with Crippen LogP contribution < -0.4 is 49.5 Å². The summed E-state index contributed by atoms with van der Waals surface area (Å²) in [6.07, 6.45) is 0.0188. The summed E-state index contributed by atoms with van der Waals surface area (Å²) >= 11 is 4.23. The standard InChI is InChI=1S/C35H60N12O12S/c1-18(48)27(45-28(52)19(41-25(49)16-37)8-4-12-40-35(38)39)31(55)44-22(17-60)33(57)47-14-6-9-23(47)29(53)42-20(7-2-3-11-36)32(56)46-13-5-10-24(46)30(54)43-21(34(58)59)15-26(50)51/h18-24,27,48,60H,2-17,36-37H2,1H3,(H,41,49)(H,42,53)(H,43,54)(H,44,55)(H,45,52)(H,50,51)(H,58,59)(H4,38,39,40)/t18-,19+,20+,21+,22+,23+,24+,27+/m1/s1. The number of thiol groups is 1. The molecule has 0 bridgehead atoms. The molecular weight excluding hydrogens is 813 g/mol. The Morgan fingerprint density at radius 1 is 0.733 bits per heavy atom. The smallest absolute Gasteiger partial charge is 0.326 e. The van der Waals surface area contributed by atoms with E-state index >= 15 is 0 Å². The molecule has 0 aromatic carbocycles. The van der Waals surface area contributed by atoms with Crippen LogP contribution in [0.3, 0.4) is 0 Å². The highest BCUT2D eigenvalue weighted by Crippen LogP contribution is 2.23. The molecule has 2 rings (SSSR count). The number of likely N-dealkylation sites (tertiary alicyclic amines) is 2. The van der Waals surface area contributed by atoms with Crippen molar-refractivity contribution in [3.8, 4) is 0 Å². The van der Waals surface area contributed by atoms with E-state index in [4.69, 9.17) is 28.0 Å². The van der Waals surface area contributed by atoms with Gasteiger partial charge in [-0.05, 0) is 71.3 Å². The first-order valence-electron chi connectivity index (χ1n) is 19.7. The number of carboxylic acid groups (broad SMARTS) is 2. The molecule has 2 saturated heterocycles. The lowest BCUT2D eigenvalue weighted by molar-refractivity contribution is -0.148. The molecule has 2 fully saturated rings. The van der Waals surface area contributed by atoms with E-state index in [0.29, 0.717) is 25.7 Å². The summed E-state index contributed by atoms with van der Waals surface area (Å²) < 4.78 is 0. The van der Waals surface area contributed by atoms with Crippen LogP contribution in [0.25, 0.3) is 0 Å². The van der Waals surface area contributed by atoms with E-state index in [2.05, 4.69) is 44.2 Å². The van der Waals surface area contributed by atoms with Gasteiger partial charge in [0.25, 0.3) is 0 Å². The lowest BCUT2D eigenvalue weighted by Crippen LogP contribution is -2.61. The van der Waals surface area contributed by atoms with Crippen LogP contribution in [0.5, 0.6) is 0 Å². The van der Waals surface area contributed by atoms with Gasteiger partial charge in [0, 0.05) is 25.4 Å². The second-order valence-corrected chi connectivity index (χ2v) is 14.8. The number of carbonyl (C=O) groups excluding carboxylic acids is 7. The number of aliphatic hydroxyl groups is 1. The van der Waals surface area contributed by atoms with Crippen molar-refractivity contribution in [2.45, 2.75) is 120 Å². The van der Waals surface area contributed by atoms with E-state index < -0.39 is 115 Å². The summed E-state index contributed by atoms with van der Waals surface area (Å²) in [6, 6.07) is -9.28. The molecule has 0 aromatic heterocycles. The molecule has 0 unspecified atom stereocenters. The second-order valence-electron chi connectivity index (χ2n) is 14.5. The summed E-state index contributed by atoms with van der Waals surface area (Å²) in [6.45, 7) is 1.40. The minimum absolute atomic E-state index is 0.0356. The van der Waals surface area contributed by atoms with Crippen LogP contribution >= 0.6 is 12.6 Å². The highest BCUT2D eigenvalue weighted by Gasteiger charge is 2.42. The van der Waals surface area contributed by atoms with Gasteiger partial charge >= 0.3 is 11.9 Å². The van der Waals surface area contributed by atoms with Crippen molar-refractivity contribution >= 4 is 71.9 Å². The van der Waals surface area contributed by atoms with Crippen LogP contribution in [0.2, 0.25) is 0 Å². The van der Waals surface area contributed by atoms with Crippen molar-refractivity contribution in [2.75, 3.05) is 38.5 Å². The van der Waals surface area contributed by atoms with E-state index in [-0.39, 0.29) is 70.0 Å². The lowest BCUT2D eigenvalue weighted by Gasteiger charge is -2.32. The van der Waals surface area contributed by atoms with Crippen molar-refractivity contribution in [3.05, 3.63) is 0 Å². The first kappa shape index (κ1) is 50.9. The Morgan fingerprint density at radius 3 is 1.77 bits per heavy atom. The third-order valence-corrected chi connectivity index (χ3v) is 10.2. The molecule has 338 valence electrons. The van der Waals surface area contributed by atoms with E-state index in [0.717, 1.165) is 0 Å². The molecule has 0 aliphatic carbocycles. The molecular formula is C35H60N12O12S. The molecule has 0 spiro atoms. The minimum Gasteiger partial charge on any atom is -0.481 e. The van der Waals surface area contributed by atoms with Crippen molar-refractivity contribution < 1.29 is 58.5 Å². The van der Waals surface area contributed by atoms with Gasteiger partial charge in [0.15, 0.2) is 5.96 Å². The number of rotatable bonds is 25. The number of nitrogens with two attached hydrogens (primary N) is 4. The Balaban J connectivity index is 2.21. The van der Waals surface area contributed by atoms with Crippen LogP contribution in [-0.4, -0.2) is 171 Å². The zero-order chi connectivity index (χ0) is 45.1. The number of guanidine groups is 1. The van der Waals surface area contributed by atoms with Crippen LogP contribution in [0.1, 0.15) is 71.1 Å². The molecule has 16 N–H and O–H groups in total.